The molecule has 26 heavy (non-hydrogen) atoms. The predicted molar refractivity (Wildman–Crippen MR) is 108 cm³/mol. The number of aryl methyl sites for hydroxylation is 1. The first-order valence-corrected chi connectivity index (χ1v) is 8.07. The number of amides is 3. The number of nitrogens with two attached hydrogens (primary N) is 1. The van der Waals surface area contributed by atoms with Crippen LogP contribution in [0.5, 0.6) is 0 Å². The maximum absolute atomic E-state index is 12.4. The lowest BCUT2D eigenvalue weighted by molar-refractivity contribution is 0.0915. The van der Waals surface area contributed by atoms with Crippen molar-refractivity contribution in [3.63, 3.8) is 0 Å². The molecule has 0 atom stereocenters. The maximum atomic E-state index is 12.4. The molecule has 2 rings (SSSR count). The van der Waals surface area contributed by atoms with Crippen LogP contribution in [0.2, 0.25) is 0 Å². The molecular formula is C19H25ClN4O2. The second-order valence-electron chi connectivity index (χ2n) is 6.52. The van der Waals surface area contributed by atoms with E-state index in [0.29, 0.717) is 23.5 Å². The van der Waals surface area contributed by atoms with Gasteiger partial charge in [-0.05, 0) is 50.6 Å². The van der Waals surface area contributed by atoms with Gasteiger partial charge in [-0.2, -0.15) is 0 Å². The van der Waals surface area contributed by atoms with Crippen LogP contribution in [-0.4, -0.2) is 24.0 Å². The summed E-state index contributed by atoms with van der Waals surface area (Å²) < 4.78 is 0. The molecule has 0 aliphatic carbocycles. The number of benzene rings is 2. The highest BCUT2D eigenvalue weighted by Gasteiger charge is 2.19. The molecule has 140 valence electrons. The smallest absolute Gasteiger partial charge is 0.323 e. The molecule has 0 spiro atoms. The summed E-state index contributed by atoms with van der Waals surface area (Å²) in [4.78, 5) is 24.5. The highest BCUT2D eigenvalue weighted by Crippen LogP contribution is 2.18. The molecule has 0 saturated carbocycles. The van der Waals surface area contributed by atoms with Crippen LogP contribution in [0.1, 0.15) is 29.8 Å². The zero-order valence-corrected chi connectivity index (χ0v) is 15.9. The van der Waals surface area contributed by atoms with Gasteiger partial charge in [0.05, 0.1) is 0 Å². The summed E-state index contributed by atoms with van der Waals surface area (Å²) in [6, 6.07) is 13.9. The fraction of sp³-hybridized carbons (Fsp3) is 0.263. The lowest BCUT2D eigenvalue weighted by Crippen LogP contribution is -2.48. The van der Waals surface area contributed by atoms with E-state index < -0.39 is 5.54 Å². The zero-order valence-electron chi connectivity index (χ0n) is 15.1. The van der Waals surface area contributed by atoms with Crippen molar-refractivity contribution in [1.82, 2.24) is 5.32 Å². The summed E-state index contributed by atoms with van der Waals surface area (Å²) in [5, 5.41) is 8.39. The van der Waals surface area contributed by atoms with Crippen LogP contribution in [0.15, 0.2) is 48.5 Å². The molecule has 6 nitrogen and oxygen atoms in total. The van der Waals surface area contributed by atoms with Crippen molar-refractivity contribution in [2.24, 2.45) is 5.73 Å². The van der Waals surface area contributed by atoms with Gasteiger partial charge in [-0.3, -0.25) is 4.79 Å². The minimum absolute atomic E-state index is 0. The van der Waals surface area contributed by atoms with Crippen LogP contribution < -0.4 is 21.7 Å². The van der Waals surface area contributed by atoms with Gasteiger partial charge in [0.2, 0.25) is 0 Å². The Bertz CT molecular complexity index is 763. The number of hydrogen-bond donors (Lipinski definition) is 4. The second-order valence-corrected chi connectivity index (χ2v) is 6.52. The average Bonchev–Trinajstić information content (AvgIpc) is 2.57. The molecule has 2 aromatic carbocycles. The van der Waals surface area contributed by atoms with Crippen LogP contribution >= 0.6 is 12.4 Å². The van der Waals surface area contributed by atoms with E-state index >= 15 is 0 Å². The van der Waals surface area contributed by atoms with Gasteiger partial charge in [-0.1, -0.05) is 24.3 Å². The molecule has 0 aliphatic heterocycles. The number of urea groups is 1. The number of carbonyl (C=O) groups excluding carboxylic acids is 2. The van der Waals surface area contributed by atoms with Gasteiger partial charge < -0.3 is 21.7 Å². The number of para-hydroxylation sites is 1. The van der Waals surface area contributed by atoms with Gasteiger partial charge in [0.15, 0.2) is 0 Å². The van der Waals surface area contributed by atoms with E-state index in [0.717, 1.165) is 5.56 Å². The molecule has 0 aliphatic rings. The Morgan fingerprint density at radius 2 is 1.69 bits per heavy atom. The topological polar surface area (TPSA) is 96.2 Å². The van der Waals surface area contributed by atoms with Gasteiger partial charge in [-0.15, -0.1) is 12.4 Å². The van der Waals surface area contributed by atoms with Crippen molar-refractivity contribution in [3.8, 4) is 0 Å². The van der Waals surface area contributed by atoms with E-state index in [1.807, 2.05) is 39.0 Å². The van der Waals surface area contributed by atoms with E-state index in [9.17, 15) is 9.59 Å². The zero-order chi connectivity index (χ0) is 18.4. The van der Waals surface area contributed by atoms with Crippen LogP contribution in [-0.2, 0) is 0 Å². The number of hydrogen-bond acceptors (Lipinski definition) is 3. The Balaban J connectivity index is 0.00000338. The van der Waals surface area contributed by atoms with E-state index in [4.69, 9.17) is 5.73 Å². The third kappa shape index (κ3) is 6.06. The van der Waals surface area contributed by atoms with E-state index in [-0.39, 0.29) is 24.3 Å². The lowest BCUT2D eigenvalue weighted by atomic mass is 10.0. The first-order valence-electron chi connectivity index (χ1n) is 8.07. The minimum Gasteiger partial charge on any atom is -0.346 e. The summed E-state index contributed by atoms with van der Waals surface area (Å²) in [7, 11) is 0. The molecule has 2 aromatic rings. The lowest BCUT2D eigenvalue weighted by Gasteiger charge is -2.24. The van der Waals surface area contributed by atoms with Crippen molar-refractivity contribution in [3.05, 3.63) is 59.7 Å². The summed E-state index contributed by atoms with van der Waals surface area (Å²) in [6.07, 6.45) is 0. The Morgan fingerprint density at radius 1 is 1.04 bits per heavy atom. The number of halogens is 1. The van der Waals surface area contributed by atoms with Gasteiger partial charge in [0.1, 0.15) is 0 Å². The fourth-order valence-corrected chi connectivity index (χ4v) is 2.13. The van der Waals surface area contributed by atoms with Gasteiger partial charge >= 0.3 is 6.03 Å². The highest BCUT2D eigenvalue weighted by atomic mass is 35.5. The Kier molecular flexibility index (Phi) is 7.61. The molecule has 5 N–H and O–H groups in total. The first kappa shape index (κ1) is 21.5. The molecular weight excluding hydrogens is 352 g/mol. The van der Waals surface area contributed by atoms with Crippen molar-refractivity contribution in [2.45, 2.75) is 26.3 Å². The Morgan fingerprint density at radius 3 is 2.31 bits per heavy atom. The normalized spacial score (nSPS) is 10.5. The molecule has 3 amide bonds. The third-order valence-corrected chi connectivity index (χ3v) is 3.74. The van der Waals surface area contributed by atoms with Crippen molar-refractivity contribution < 1.29 is 9.59 Å². The van der Waals surface area contributed by atoms with Crippen LogP contribution in [0, 0.1) is 6.92 Å². The first-order chi connectivity index (χ1) is 11.8. The van der Waals surface area contributed by atoms with Gasteiger partial charge in [0.25, 0.3) is 5.91 Å². The number of nitrogens with one attached hydrogen (secondary N) is 3. The number of anilines is 2. The second kappa shape index (κ2) is 9.22. The number of rotatable bonds is 5. The largest absolute Gasteiger partial charge is 0.346 e. The molecule has 0 saturated heterocycles. The maximum Gasteiger partial charge on any atom is 0.323 e. The monoisotopic (exact) mass is 376 g/mol. The molecule has 0 unspecified atom stereocenters. The van der Waals surface area contributed by atoms with Crippen molar-refractivity contribution >= 4 is 35.7 Å². The van der Waals surface area contributed by atoms with Crippen LogP contribution in [0.25, 0.3) is 0 Å². The van der Waals surface area contributed by atoms with Crippen molar-refractivity contribution in [1.29, 1.82) is 0 Å². The quantitative estimate of drug-likeness (QED) is 0.642. The van der Waals surface area contributed by atoms with E-state index in [1.54, 1.807) is 30.3 Å². The van der Waals surface area contributed by atoms with Gasteiger partial charge in [0, 0.05) is 29.0 Å². The Labute approximate surface area is 160 Å². The summed E-state index contributed by atoms with van der Waals surface area (Å²) in [5.41, 5.74) is 7.73. The minimum atomic E-state index is -0.500. The summed E-state index contributed by atoms with van der Waals surface area (Å²) in [6.45, 7) is 5.90. The molecule has 0 radical (unpaired) electrons. The highest BCUT2D eigenvalue weighted by molar-refractivity contribution is 6.02. The Hall–Kier alpha value is -2.57. The predicted octanol–water partition coefficient (Wildman–Crippen LogP) is 3.53. The van der Waals surface area contributed by atoms with Crippen LogP contribution in [0.3, 0.4) is 0 Å². The van der Waals surface area contributed by atoms with E-state index in [2.05, 4.69) is 16.0 Å². The molecule has 0 aromatic heterocycles. The average molecular weight is 377 g/mol. The van der Waals surface area contributed by atoms with Crippen molar-refractivity contribution in [2.75, 3.05) is 17.2 Å². The molecule has 7 heteroatoms. The fourth-order valence-electron chi connectivity index (χ4n) is 2.13. The SMILES string of the molecule is Cc1ccc(C(=O)NC(C)(C)CN)cc1NC(=O)Nc1ccccc1.Cl. The van der Waals surface area contributed by atoms with E-state index in [1.165, 1.54) is 0 Å². The summed E-state index contributed by atoms with van der Waals surface area (Å²) in [5.74, 6) is -0.234. The molecule has 0 heterocycles. The van der Waals surface area contributed by atoms with Gasteiger partial charge in [-0.25, -0.2) is 4.79 Å². The standard InChI is InChI=1S/C19H24N4O2.ClH/c1-13-9-10-14(17(24)23-19(2,3)12-20)11-16(13)22-18(25)21-15-7-5-4-6-8-15;/h4-11H,12,20H2,1-3H3,(H,23,24)(H2,21,22,25);1H. The van der Waals surface area contributed by atoms with Crippen LogP contribution in [0.4, 0.5) is 16.2 Å². The third-order valence-electron chi connectivity index (χ3n) is 3.74. The molecule has 0 fully saturated rings. The molecule has 0 bridgehead atoms. The summed E-state index contributed by atoms with van der Waals surface area (Å²) >= 11 is 0. The number of carbonyl (C=O) groups is 2.